The molecule has 3 fully saturated rings. The average molecular weight is 458 g/mol. The molecule has 0 atom stereocenters. The number of nitrogens with zero attached hydrogens (tertiary/aromatic N) is 6. The van der Waals surface area contributed by atoms with Gasteiger partial charge in [0.25, 0.3) is 0 Å². The molecular formula is C25H27N7O2. The highest BCUT2D eigenvalue weighted by Crippen LogP contribution is 2.42. The number of methoxy groups -OCH3 is 1. The van der Waals surface area contributed by atoms with E-state index in [2.05, 4.69) is 38.4 Å². The minimum Gasteiger partial charge on any atom is -0.494 e. The first-order chi connectivity index (χ1) is 16.6. The molecule has 1 N–H and O–H groups in total. The number of aromatic nitrogens is 3. The van der Waals surface area contributed by atoms with Gasteiger partial charge in [-0.2, -0.15) is 10.4 Å². The second-order valence-electron chi connectivity index (χ2n) is 9.70. The van der Waals surface area contributed by atoms with Crippen molar-refractivity contribution in [3.8, 4) is 22.9 Å². The summed E-state index contributed by atoms with van der Waals surface area (Å²) in [6.45, 7) is 5.41. The number of carbonyl (C=O) groups is 1. The van der Waals surface area contributed by atoms with Crippen LogP contribution in [0.25, 0.3) is 16.6 Å². The number of piperidine rings is 1. The first-order valence-corrected chi connectivity index (χ1v) is 11.8. The number of nitrogens with one attached hydrogen (secondary N) is 1. The summed E-state index contributed by atoms with van der Waals surface area (Å²) in [5.41, 5.74) is 3.35. The molecule has 3 aromatic rings. The molecule has 3 saturated heterocycles. The zero-order chi connectivity index (χ0) is 23.3. The van der Waals surface area contributed by atoms with E-state index in [4.69, 9.17) is 9.72 Å². The quantitative estimate of drug-likeness (QED) is 0.639. The summed E-state index contributed by atoms with van der Waals surface area (Å²) in [6.07, 6.45) is 7.46. The van der Waals surface area contributed by atoms with Gasteiger partial charge >= 0.3 is 0 Å². The Balaban J connectivity index is 1.12. The van der Waals surface area contributed by atoms with Gasteiger partial charge in [0, 0.05) is 68.2 Å². The Morgan fingerprint density at radius 2 is 2.00 bits per heavy atom. The molecule has 9 nitrogen and oxygen atoms in total. The summed E-state index contributed by atoms with van der Waals surface area (Å²) in [4.78, 5) is 21.6. The first-order valence-electron chi connectivity index (χ1n) is 11.8. The van der Waals surface area contributed by atoms with Crippen LogP contribution in [0.1, 0.15) is 18.4 Å². The molecule has 6 heterocycles. The summed E-state index contributed by atoms with van der Waals surface area (Å²) in [5.74, 6) is 2.11. The van der Waals surface area contributed by atoms with Crippen LogP contribution >= 0.6 is 0 Å². The number of nitriles is 1. The van der Waals surface area contributed by atoms with Gasteiger partial charge in [-0.3, -0.25) is 4.79 Å². The number of amides is 1. The number of ether oxygens (including phenoxy) is 1. The van der Waals surface area contributed by atoms with E-state index in [-0.39, 0.29) is 5.92 Å². The third-order valence-electron chi connectivity index (χ3n) is 7.64. The Labute approximate surface area is 197 Å². The van der Waals surface area contributed by atoms with E-state index in [1.807, 2.05) is 18.5 Å². The maximum Gasteiger partial charge on any atom is 0.228 e. The predicted molar refractivity (Wildman–Crippen MR) is 127 cm³/mol. The Morgan fingerprint density at radius 1 is 1.21 bits per heavy atom. The van der Waals surface area contributed by atoms with Crippen molar-refractivity contribution in [3.05, 3.63) is 42.4 Å². The highest BCUT2D eigenvalue weighted by atomic mass is 16.5. The van der Waals surface area contributed by atoms with Crippen LogP contribution in [0.5, 0.6) is 5.75 Å². The largest absolute Gasteiger partial charge is 0.494 e. The number of likely N-dealkylation sites (tertiary alicyclic amines) is 1. The minimum absolute atomic E-state index is 0.192. The lowest BCUT2D eigenvalue weighted by atomic mass is 9.72. The fraction of sp³-hybridized carbons (Fsp3) is 0.440. The Kier molecular flexibility index (Phi) is 4.92. The summed E-state index contributed by atoms with van der Waals surface area (Å²) in [5, 5.41) is 16.8. The van der Waals surface area contributed by atoms with Crippen molar-refractivity contribution in [1.29, 1.82) is 5.26 Å². The van der Waals surface area contributed by atoms with Gasteiger partial charge in [-0.25, -0.2) is 9.50 Å². The zero-order valence-electron chi connectivity index (χ0n) is 19.2. The van der Waals surface area contributed by atoms with Crippen molar-refractivity contribution < 1.29 is 9.53 Å². The topological polar surface area (TPSA) is 98.8 Å². The van der Waals surface area contributed by atoms with Gasteiger partial charge in [0.15, 0.2) is 0 Å². The van der Waals surface area contributed by atoms with Crippen LogP contribution < -0.4 is 15.0 Å². The molecule has 174 valence electrons. The molecule has 3 aliphatic heterocycles. The highest BCUT2D eigenvalue weighted by molar-refractivity contribution is 5.80. The van der Waals surface area contributed by atoms with E-state index in [0.717, 1.165) is 69.1 Å². The van der Waals surface area contributed by atoms with E-state index in [0.29, 0.717) is 28.2 Å². The normalized spacial score (nSPS) is 19.5. The van der Waals surface area contributed by atoms with Crippen molar-refractivity contribution in [2.24, 2.45) is 11.3 Å². The number of pyridine rings is 2. The third kappa shape index (κ3) is 3.37. The van der Waals surface area contributed by atoms with Gasteiger partial charge in [0.1, 0.15) is 28.7 Å². The van der Waals surface area contributed by atoms with Gasteiger partial charge in [-0.15, -0.1) is 0 Å². The first kappa shape index (κ1) is 20.9. The van der Waals surface area contributed by atoms with E-state index in [1.54, 1.807) is 17.8 Å². The fourth-order valence-electron chi connectivity index (χ4n) is 5.39. The van der Waals surface area contributed by atoms with Crippen LogP contribution in [0.4, 0.5) is 5.82 Å². The van der Waals surface area contributed by atoms with Crippen LogP contribution in [0.3, 0.4) is 0 Å². The second-order valence-corrected chi connectivity index (χ2v) is 9.70. The molecule has 0 aliphatic carbocycles. The molecule has 3 aliphatic rings. The van der Waals surface area contributed by atoms with Crippen LogP contribution in [0, 0.1) is 22.7 Å². The van der Waals surface area contributed by atoms with Crippen molar-refractivity contribution in [1.82, 2.24) is 24.8 Å². The maximum atomic E-state index is 12.5. The van der Waals surface area contributed by atoms with E-state index >= 15 is 0 Å². The molecule has 9 heteroatoms. The average Bonchev–Trinajstić information content (AvgIpc) is 3.24. The van der Waals surface area contributed by atoms with Gasteiger partial charge in [0.2, 0.25) is 5.91 Å². The number of fused-ring (bicyclic) bond motifs is 1. The van der Waals surface area contributed by atoms with E-state index < -0.39 is 0 Å². The van der Waals surface area contributed by atoms with Crippen LogP contribution in [-0.2, 0) is 4.79 Å². The monoisotopic (exact) mass is 457 g/mol. The van der Waals surface area contributed by atoms with Gasteiger partial charge in [-0.05, 0) is 31.0 Å². The van der Waals surface area contributed by atoms with Crippen molar-refractivity contribution >= 4 is 17.2 Å². The molecule has 34 heavy (non-hydrogen) atoms. The number of hydrogen-bond acceptors (Lipinski definition) is 7. The molecule has 0 bridgehead atoms. The maximum absolute atomic E-state index is 12.5. The molecular weight excluding hydrogens is 430 g/mol. The molecule has 1 amide bonds. The molecule has 1 spiro atoms. The summed E-state index contributed by atoms with van der Waals surface area (Å²) < 4.78 is 7.20. The third-order valence-corrected chi connectivity index (χ3v) is 7.64. The van der Waals surface area contributed by atoms with Gasteiger partial charge < -0.3 is 19.9 Å². The zero-order valence-corrected chi connectivity index (χ0v) is 19.2. The molecule has 0 unspecified atom stereocenters. The fourth-order valence-corrected chi connectivity index (χ4v) is 5.39. The molecule has 3 aromatic heterocycles. The van der Waals surface area contributed by atoms with Gasteiger partial charge in [-0.1, -0.05) is 0 Å². The summed E-state index contributed by atoms with van der Waals surface area (Å²) >= 11 is 0. The Bertz CT molecular complexity index is 1270. The number of anilines is 1. The number of rotatable bonds is 4. The number of hydrogen-bond donors (Lipinski definition) is 1. The summed E-state index contributed by atoms with van der Waals surface area (Å²) in [7, 11) is 1.60. The number of carbonyl (C=O) groups excluding carboxylic acids is 1. The minimum atomic E-state index is 0.192. The second kappa shape index (κ2) is 7.99. The van der Waals surface area contributed by atoms with Gasteiger partial charge in [0.05, 0.1) is 19.2 Å². The Morgan fingerprint density at radius 3 is 2.62 bits per heavy atom. The molecule has 6 rings (SSSR count). The van der Waals surface area contributed by atoms with E-state index in [1.165, 1.54) is 0 Å². The van der Waals surface area contributed by atoms with Crippen molar-refractivity contribution in [2.45, 2.75) is 12.8 Å². The van der Waals surface area contributed by atoms with Crippen molar-refractivity contribution in [3.63, 3.8) is 0 Å². The van der Waals surface area contributed by atoms with E-state index in [9.17, 15) is 10.1 Å². The lowest BCUT2D eigenvalue weighted by Gasteiger charge is -2.54. The molecule has 0 saturated carbocycles. The Hall–Kier alpha value is -3.64. The molecule has 0 aromatic carbocycles. The predicted octanol–water partition coefficient (Wildman–Crippen LogP) is 1.92. The van der Waals surface area contributed by atoms with Crippen LogP contribution in [0.15, 0.2) is 36.8 Å². The van der Waals surface area contributed by atoms with Crippen LogP contribution in [0.2, 0.25) is 0 Å². The molecule has 0 radical (unpaired) electrons. The highest BCUT2D eigenvalue weighted by Gasteiger charge is 2.46. The van der Waals surface area contributed by atoms with Crippen molar-refractivity contribution in [2.75, 3.05) is 51.3 Å². The smallest absolute Gasteiger partial charge is 0.228 e. The lowest BCUT2D eigenvalue weighted by Crippen LogP contribution is -2.62. The standard InChI is InChI=1S/C25H27N7O2/c1-34-21-8-18(14-32-23(21)19(9-26)13-29-32)17-2-3-22(28-12-17)31-15-25(16-31)4-6-30(7-5-25)24(33)20-10-27-11-20/h2-3,8,12-14,20,27H,4-7,10-11,15-16H2,1H3. The lowest BCUT2D eigenvalue weighted by molar-refractivity contribution is -0.139. The SMILES string of the molecule is COc1cc(-c2ccc(N3CC4(CCN(C(=O)C5CNC5)CC4)C3)nc2)cn2ncc(C#N)c12. The van der Waals surface area contributed by atoms with Crippen LogP contribution in [-0.4, -0.2) is 71.8 Å². The summed E-state index contributed by atoms with van der Waals surface area (Å²) in [6, 6.07) is 8.20.